The SMILES string of the molecule is CC1(C)CC(=O)NN1C(Cc1cccc([N+](=O)[O-])c1)C(F)(F)F. The zero-order valence-corrected chi connectivity index (χ0v) is 12.6. The summed E-state index contributed by atoms with van der Waals surface area (Å²) in [7, 11) is 0. The van der Waals surface area contributed by atoms with Crippen LogP contribution >= 0.6 is 0 Å². The fourth-order valence-electron chi connectivity index (χ4n) is 2.68. The van der Waals surface area contributed by atoms with Crippen LogP contribution in [0.25, 0.3) is 0 Å². The van der Waals surface area contributed by atoms with Crippen LogP contribution in [0, 0.1) is 10.1 Å². The molecule has 126 valence electrons. The molecule has 1 aliphatic rings. The Bertz CT molecular complexity index is 631. The van der Waals surface area contributed by atoms with Crippen molar-refractivity contribution in [2.45, 2.75) is 44.4 Å². The first kappa shape index (κ1) is 17.2. The molecule has 1 N–H and O–H groups in total. The Labute approximate surface area is 130 Å². The van der Waals surface area contributed by atoms with Gasteiger partial charge in [-0.1, -0.05) is 12.1 Å². The van der Waals surface area contributed by atoms with E-state index < -0.39 is 35.0 Å². The molecule has 1 atom stereocenters. The molecule has 6 nitrogen and oxygen atoms in total. The predicted molar refractivity (Wildman–Crippen MR) is 75.3 cm³/mol. The Kier molecular flexibility index (Phi) is 4.34. The summed E-state index contributed by atoms with van der Waals surface area (Å²) in [6.45, 7) is 3.08. The first-order valence-electron chi connectivity index (χ1n) is 6.89. The van der Waals surface area contributed by atoms with E-state index in [9.17, 15) is 28.1 Å². The minimum absolute atomic E-state index is 0.0471. The summed E-state index contributed by atoms with van der Waals surface area (Å²) in [4.78, 5) is 21.6. The maximum atomic E-state index is 13.5. The summed E-state index contributed by atoms with van der Waals surface area (Å²) in [5, 5.41) is 11.7. The molecular weight excluding hydrogens is 315 g/mol. The van der Waals surface area contributed by atoms with Crippen molar-refractivity contribution in [2.75, 3.05) is 0 Å². The number of benzene rings is 1. The van der Waals surface area contributed by atoms with Crippen molar-refractivity contribution in [1.82, 2.24) is 10.4 Å². The number of nitrogens with one attached hydrogen (secondary N) is 1. The van der Waals surface area contributed by atoms with Crippen molar-refractivity contribution in [2.24, 2.45) is 0 Å². The summed E-state index contributed by atoms with van der Waals surface area (Å²) in [6.07, 6.45) is -5.14. The van der Waals surface area contributed by atoms with Gasteiger partial charge in [-0.25, -0.2) is 5.01 Å². The normalized spacial score (nSPS) is 19.4. The second kappa shape index (κ2) is 5.80. The van der Waals surface area contributed by atoms with Crippen LogP contribution in [-0.4, -0.2) is 33.6 Å². The Balaban J connectivity index is 2.32. The zero-order valence-electron chi connectivity index (χ0n) is 12.6. The molecule has 23 heavy (non-hydrogen) atoms. The van der Waals surface area contributed by atoms with Crippen molar-refractivity contribution in [1.29, 1.82) is 0 Å². The fourth-order valence-corrected chi connectivity index (χ4v) is 2.68. The molecule has 1 aromatic rings. The second-order valence-electron chi connectivity index (χ2n) is 6.08. The van der Waals surface area contributed by atoms with E-state index in [0.717, 1.165) is 11.1 Å². The highest BCUT2D eigenvalue weighted by Crippen LogP contribution is 2.35. The molecule has 2 rings (SSSR count). The standard InChI is InChI=1S/C14H16F3N3O3/c1-13(2)8-12(21)18-19(13)11(14(15,16)17)7-9-4-3-5-10(6-9)20(22)23/h3-6,11H,7-8H2,1-2H3,(H,18,21). The maximum absolute atomic E-state index is 13.5. The van der Waals surface area contributed by atoms with Crippen LogP contribution in [0.2, 0.25) is 0 Å². The lowest BCUT2D eigenvalue weighted by molar-refractivity contribution is -0.384. The van der Waals surface area contributed by atoms with Gasteiger partial charge in [0.25, 0.3) is 5.69 Å². The third-order valence-corrected chi connectivity index (χ3v) is 3.73. The fraction of sp³-hybridized carbons (Fsp3) is 0.500. The van der Waals surface area contributed by atoms with E-state index in [1.165, 1.54) is 32.0 Å². The number of hydrogen-bond acceptors (Lipinski definition) is 4. The zero-order chi connectivity index (χ0) is 17.4. The third kappa shape index (κ3) is 3.79. The summed E-state index contributed by atoms with van der Waals surface area (Å²) in [5.74, 6) is -0.483. The number of hydrazine groups is 1. The average molecular weight is 331 g/mol. The lowest BCUT2D eigenvalue weighted by Gasteiger charge is -2.37. The molecular formula is C14H16F3N3O3. The molecule has 1 heterocycles. The Hall–Kier alpha value is -2.16. The van der Waals surface area contributed by atoms with Gasteiger partial charge in [0.05, 0.1) is 4.92 Å². The van der Waals surface area contributed by atoms with E-state index in [1.54, 1.807) is 0 Å². The molecule has 1 fully saturated rings. The molecule has 1 amide bonds. The number of nitro groups is 1. The molecule has 9 heteroatoms. The number of amides is 1. The highest BCUT2D eigenvalue weighted by atomic mass is 19.4. The van der Waals surface area contributed by atoms with Gasteiger partial charge in [-0.15, -0.1) is 0 Å². The van der Waals surface area contributed by atoms with E-state index in [0.29, 0.717) is 0 Å². The number of alkyl halides is 3. The monoisotopic (exact) mass is 331 g/mol. The number of nitro benzene ring substituents is 1. The largest absolute Gasteiger partial charge is 0.406 e. The Morgan fingerprint density at radius 1 is 1.43 bits per heavy atom. The highest BCUT2D eigenvalue weighted by Gasteiger charge is 2.52. The Morgan fingerprint density at radius 3 is 2.57 bits per heavy atom. The van der Waals surface area contributed by atoms with Crippen LogP contribution in [0.4, 0.5) is 18.9 Å². The van der Waals surface area contributed by atoms with Crippen molar-refractivity contribution in [3.63, 3.8) is 0 Å². The minimum Gasteiger partial charge on any atom is -0.288 e. The topological polar surface area (TPSA) is 75.5 Å². The van der Waals surface area contributed by atoms with E-state index in [-0.39, 0.29) is 17.7 Å². The first-order valence-corrected chi connectivity index (χ1v) is 6.89. The maximum Gasteiger partial charge on any atom is 0.406 e. The quantitative estimate of drug-likeness (QED) is 0.680. The number of carbonyl (C=O) groups is 1. The van der Waals surface area contributed by atoms with Crippen molar-refractivity contribution in [3.05, 3.63) is 39.9 Å². The number of non-ortho nitro benzene ring substituents is 1. The van der Waals surface area contributed by atoms with Gasteiger partial charge >= 0.3 is 6.18 Å². The van der Waals surface area contributed by atoms with Gasteiger partial charge in [0.1, 0.15) is 6.04 Å². The Morgan fingerprint density at radius 2 is 2.09 bits per heavy atom. The smallest absolute Gasteiger partial charge is 0.288 e. The van der Waals surface area contributed by atoms with Crippen molar-refractivity contribution in [3.8, 4) is 0 Å². The molecule has 0 aliphatic carbocycles. The van der Waals surface area contributed by atoms with E-state index in [4.69, 9.17) is 0 Å². The summed E-state index contributed by atoms with van der Waals surface area (Å²) >= 11 is 0. The van der Waals surface area contributed by atoms with Crippen LogP contribution in [0.3, 0.4) is 0 Å². The van der Waals surface area contributed by atoms with Gasteiger partial charge in [0, 0.05) is 24.1 Å². The highest BCUT2D eigenvalue weighted by molar-refractivity contribution is 5.79. The van der Waals surface area contributed by atoms with Gasteiger partial charge in [0.2, 0.25) is 5.91 Å². The molecule has 0 bridgehead atoms. The van der Waals surface area contributed by atoms with Gasteiger partial charge in [-0.2, -0.15) is 13.2 Å². The molecule has 0 saturated carbocycles. The molecule has 1 unspecified atom stereocenters. The number of carbonyl (C=O) groups excluding carboxylic acids is 1. The predicted octanol–water partition coefficient (Wildman–Crippen LogP) is 2.58. The van der Waals surface area contributed by atoms with Gasteiger partial charge in [-0.05, 0) is 25.8 Å². The van der Waals surface area contributed by atoms with Gasteiger partial charge in [-0.3, -0.25) is 20.3 Å². The minimum atomic E-state index is -4.60. The molecule has 0 aromatic heterocycles. The lowest BCUT2D eigenvalue weighted by Crippen LogP contribution is -2.57. The number of nitrogens with zero attached hydrogens (tertiary/aromatic N) is 2. The number of halogens is 3. The molecule has 0 radical (unpaired) electrons. The first-order chi connectivity index (χ1) is 10.5. The summed E-state index contributed by atoms with van der Waals surface area (Å²) < 4.78 is 40.4. The third-order valence-electron chi connectivity index (χ3n) is 3.73. The molecule has 1 saturated heterocycles. The van der Waals surface area contributed by atoms with E-state index >= 15 is 0 Å². The van der Waals surface area contributed by atoms with Gasteiger partial charge in [0.15, 0.2) is 0 Å². The number of rotatable bonds is 4. The second-order valence-corrected chi connectivity index (χ2v) is 6.08. The lowest BCUT2D eigenvalue weighted by atomic mass is 9.97. The van der Waals surface area contributed by atoms with Crippen LogP contribution < -0.4 is 5.43 Å². The molecule has 1 aliphatic heterocycles. The van der Waals surface area contributed by atoms with Crippen molar-refractivity contribution < 1.29 is 22.9 Å². The van der Waals surface area contributed by atoms with Crippen LogP contribution in [0.5, 0.6) is 0 Å². The van der Waals surface area contributed by atoms with E-state index in [1.807, 2.05) is 0 Å². The summed E-state index contributed by atoms with van der Waals surface area (Å²) in [5.41, 5.74) is 1.16. The van der Waals surface area contributed by atoms with Crippen LogP contribution in [0.1, 0.15) is 25.8 Å². The van der Waals surface area contributed by atoms with Crippen molar-refractivity contribution >= 4 is 11.6 Å². The average Bonchev–Trinajstić information content (AvgIpc) is 2.67. The van der Waals surface area contributed by atoms with Crippen LogP contribution in [0.15, 0.2) is 24.3 Å². The van der Waals surface area contributed by atoms with Crippen LogP contribution in [-0.2, 0) is 11.2 Å². The molecule has 1 aromatic carbocycles. The van der Waals surface area contributed by atoms with Gasteiger partial charge < -0.3 is 0 Å². The summed E-state index contributed by atoms with van der Waals surface area (Å²) in [6, 6.07) is 3.11. The molecule has 0 spiro atoms. The number of hydrogen-bond donors (Lipinski definition) is 1. The van der Waals surface area contributed by atoms with E-state index in [2.05, 4.69) is 5.43 Å².